The molecule has 172 valence electrons. The van der Waals surface area contributed by atoms with Gasteiger partial charge in [0.1, 0.15) is 0 Å². The fourth-order valence-corrected chi connectivity index (χ4v) is 4.08. The second-order valence-corrected chi connectivity index (χ2v) is 8.04. The summed E-state index contributed by atoms with van der Waals surface area (Å²) in [6.07, 6.45) is 0. The van der Waals surface area contributed by atoms with Gasteiger partial charge in [-0.1, -0.05) is 0 Å². The van der Waals surface area contributed by atoms with Crippen molar-refractivity contribution in [2.24, 2.45) is 4.99 Å². The highest BCUT2D eigenvalue weighted by atomic mass is 32.1. The molecule has 0 radical (unpaired) electrons. The van der Waals surface area contributed by atoms with E-state index < -0.39 is 4.92 Å². The summed E-state index contributed by atoms with van der Waals surface area (Å²) in [6.45, 7) is 11.6. The van der Waals surface area contributed by atoms with E-state index in [0.717, 1.165) is 44.4 Å². The molecule has 32 heavy (non-hydrogen) atoms. The fourth-order valence-electron chi connectivity index (χ4n) is 3.75. The van der Waals surface area contributed by atoms with Crippen LogP contribution in [0.15, 0.2) is 34.1 Å². The third-order valence-corrected chi connectivity index (χ3v) is 5.91. The molecule has 2 heterocycles. The number of hydrogen-bond donors (Lipinski definition) is 2. The van der Waals surface area contributed by atoms with Crippen LogP contribution in [0.25, 0.3) is 5.69 Å². The third-order valence-electron chi connectivity index (χ3n) is 5.50. The SMILES string of the molecule is CCNC(=S)N1CCN(CCN=C(C)c2c(C)[nH]n(-c3ccc([N+](=O)[O-])cc3)c2=O)CC1. The molecule has 0 bridgehead atoms. The molecule has 11 heteroatoms. The molecule has 1 aromatic heterocycles. The maximum Gasteiger partial charge on any atom is 0.280 e. The van der Waals surface area contributed by atoms with E-state index in [0.29, 0.717) is 29.2 Å². The van der Waals surface area contributed by atoms with Gasteiger partial charge >= 0.3 is 0 Å². The standard InChI is InChI=1S/C21H29N7O3S/c1-4-22-21(32)26-13-11-25(12-14-26)10-9-23-15(2)19-16(3)24-27(20(19)29)17-5-7-18(8-6-17)28(30)31/h5-8,24H,4,9-14H2,1-3H3,(H,22,32). The molecule has 3 rings (SSSR count). The van der Waals surface area contributed by atoms with Gasteiger partial charge in [0.2, 0.25) is 0 Å². The number of aliphatic imine (C=N–C) groups is 1. The summed E-state index contributed by atoms with van der Waals surface area (Å²) in [6, 6.07) is 5.85. The molecule has 0 unspecified atom stereocenters. The number of nitrogens with one attached hydrogen (secondary N) is 2. The van der Waals surface area contributed by atoms with Crippen LogP contribution >= 0.6 is 12.2 Å². The number of hydrogen-bond acceptors (Lipinski definition) is 6. The van der Waals surface area contributed by atoms with Crippen molar-refractivity contribution in [3.05, 3.63) is 56.0 Å². The molecule has 0 spiro atoms. The first-order valence-electron chi connectivity index (χ1n) is 10.6. The Hall–Kier alpha value is -3.05. The second kappa shape index (κ2) is 10.5. The number of nitro groups is 1. The Bertz CT molecular complexity index is 1050. The van der Waals surface area contributed by atoms with Crippen LogP contribution in [0.2, 0.25) is 0 Å². The molecular weight excluding hydrogens is 430 g/mol. The van der Waals surface area contributed by atoms with E-state index in [-0.39, 0.29) is 11.2 Å². The van der Waals surface area contributed by atoms with E-state index in [1.54, 1.807) is 12.1 Å². The third kappa shape index (κ3) is 5.40. The monoisotopic (exact) mass is 459 g/mol. The van der Waals surface area contributed by atoms with Crippen molar-refractivity contribution < 1.29 is 4.92 Å². The number of rotatable bonds is 7. The number of nitro benzene ring substituents is 1. The van der Waals surface area contributed by atoms with Gasteiger partial charge in [-0.2, -0.15) is 0 Å². The number of piperazine rings is 1. The van der Waals surface area contributed by atoms with Crippen LogP contribution in [0.3, 0.4) is 0 Å². The highest BCUT2D eigenvalue weighted by molar-refractivity contribution is 7.80. The van der Waals surface area contributed by atoms with Gasteiger partial charge in [-0.15, -0.1) is 0 Å². The van der Waals surface area contributed by atoms with Gasteiger partial charge < -0.3 is 10.2 Å². The number of non-ortho nitro benzene ring substituents is 1. The first kappa shape index (κ1) is 23.6. The predicted molar refractivity (Wildman–Crippen MR) is 129 cm³/mol. The molecule has 0 saturated carbocycles. The van der Waals surface area contributed by atoms with Gasteiger partial charge in [0.15, 0.2) is 5.11 Å². The lowest BCUT2D eigenvalue weighted by Gasteiger charge is -2.35. The van der Waals surface area contributed by atoms with Crippen molar-refractivity contribution in [1.82, 2.24) is 24.9 Å². The largest absolute Gasteiger partial charge is 0.363 e. The summed E-state index contributed by atoms with van der Waals surface area (Å²) in [4.78, 5) is 32.5. The van der Waals surface area contributed by atoms with Crippen molar-refractivity contribution in [3.63, 3.8) is 0 Å². The first-order valence-corrected chi connectivity index (χ1v) is 11.1. The number of thiocarbonyl (C=S) groups is 1. The average Bonchev–Trinajstić information content (AvgIpc) is 3.08. The van der Waals surface area contributed by atoms with Crippen molar-refractivity contribution in [2.75, 3.05) is 45.8 Å². The lowest BCUT2D eigenvalue weighted by molar-refractivity contribution is -0.384. The van der Waals surface area contributed by atoms with Gasteiger partial charge in [0.25, 0.3) is 11.2 Å². The highest BCUT2D eigenvalue weighted by Gasteiger charge is 2.19. The number of benzene rings is 1. The minimum atomic E-state index is -0.467. The van der Waals surface area contributed by atoms with E-state index in [1.807, 2.05) is 20.8 Å². The molecule has 0 aliphatic carbocycles. The zero-order valence-corrected chi connectivity index (χ0v) is 19.4. The molecular formula is C21H29N7O3S. The smallest absolute Gasteiger partial charge is 0.280 e. The number of aryl methyl sites for hydroxylation is 1. The maximum atomic E-state index is 13.0. The molecule has 1 aliphatic rings. The van der Waals surface area contributed by atoms with Crippen LogP contribution in [0, 0.1) is 17.0 Å². The number of H-pyrrole nitrogens is 1. The summed E-state index contributed by atoms with van der Waals surface area (Å²) in [7, 11) is 0. The maximum absolute atomic E-state index is 13.0. The molecule has 0 amide bonds. The Morgan fingerprint density at radius 2 is 1.91 bits per heavy atom. The summed E-state index contributed by atoms with van der Waals surface area (Å²) < 4.78 is 1.39. The van der Waals surface area contributed by atoms with E-state index >= 15 is 0 Å². The predicted octanol–water partition coefficient (Wildman–Crippen LogP) is 1.70. The van der Waals surface area contributed by atoms with Crippen LogP contribution in [-0.4, -0.2) is 81.1 Å². The van der Waals surface area contributed by atoms with Crippen molar-refractivity contribution in [3.8, 4) is 5.69 Å². The Balaban J connectivity index is 1.62. The van der Waals surface area contributed by atoms with E-state index in [2.05, 4.69) is 25.2 Å². The van der Waals surface area contributed by atoms with Gasteiger partial charge in [-0.25, -0.2) is 4.68 Å². The Morgan fingerprint density at radius 1 is 1.25 bits per heavy atom. The molecule has 0 atom stereocenters. The zero-order valence-electron chi connectivity index (χ0n) is 18.6. The van der Waals surface area contributed by atoms with Crippen LogP contribution < -0.4 is 10.9 Å². The molecule has 1 fully saturated rings. The Labute approximate surface area is 192 Å². The zero-order chi connectivity index (χ0) is 23.3. The lowest BCUT2D eigenvalue weighted by Crippen LogP contribution is -2.52. The summed E-state index contributed by atoms with van der Waals surface area (Å²) in [5, 5.41) is 17.9. The van der Waals surface area contributed by atoms with E-state index in [1.165, 1.54) is 16.8 Å². The molecule has 10 nitrogen and oxygen atoms in total. The van der Waals surface area contributed by atoms with Crippen molar-refractivity contribution in [2.45, 2.75) is 20.8 Å². The number of aromatic amines is 1. The average molecular weight is 460 g/mol. The minimum absolute atomic E-state index is 0.0210. The minimum Gasteiger partial charge on any atom is -0.363 e. The Morgan fingerprint density at radius 3 is 2.50 bits per heavy atom. The number of aromatic nitrogens is 2. The normalized spacial score (nSPS) is 15.1. The first-order chi connectivity index (χ1) is 15.3. The fraction of sp³-hybridized carbons (Fsp3) is 0.476. The van der Waals surface area contributed by atoms with Crippen molar-refractivity contribution in [1.29, 1.82) is 0 Å². The topological polar surface area (TPSA) is 112 Å². The molecule has 2 aromatic rings. The molecule has 2 N–H and O–H groups in total. The van der Waals surface area contributed by atoms with Crippen LogP contribution in [0.5, 0.6) is 0 Å². The van der Waals surface area contributed by atoms with Crippen LogP contribution in [0.1, 0.15) is 25.1 Å². The van der Waals surface area contributed by atoms with E-state index in [4.69, 9.17) is 12.2 Å². The number of nitrogens with zero attached hydrogens (tertiary/aromatic N) is 5. The quantitative estimate of drug-likeness (QED) is 0.281. The second-order valence-electron chi connectivity index (χ2n) is 7.66. The van der Waals surface area contributed by atoms with Gasteiger partial charge in [-0.3, -0.25) is 29.9 Å². The van der Waals surface area contributed by atoms with E-state index in [9.17, 15) is 14.9 Å². The molecule has 1 saturated heterocycles. The molecule has 1 aromatic carbocycles. The summed E-state index contributed by atoms with van der Waals surface area (Å²) >= 11 is 5.38. The van der Waals surface area contributed by atoms with Crippen LogP contribution in [-0.2, 0) is 0 Å². The van der Waals surface area contributed by atoms with Crippen LogP contribution in [0.4, 0.5) is 5.69 Å². The highest BCUT2D eigenvalue weighted by Crippen LogP contribution is 2.15. The lowest BCUT2D eigenvalue weighted by atomic mass is 10.2. The Kier molecular flexibility index (Phi) is 7.75. The van der Waals surface area contributed by atoms with Gasteiger partial charge in [0, 0.05) is 62.8 Å². The summed E-state index contributed by atoms with van der Waals surface area (Å²) in [5.41, 5.74) is 2.22. The van der Waals surface area contributed by atoms with Gasteiger partial charge in [0.05, 0.1) is 22.7 Å². The summed E-state index contributed by atoms with van der Waals surface area (Å²) in [5.74, 6) is 0. The molecule has 1 aliphatic heterocycles. The van der Waals surface area contributed by atoms with Gasteiger partial charge in [-0.05, 0) is 45.1 Å². The van der Waals surface area contributed by atoms with Crippen molar-refractivity contribution >= 4 is 28.7 Å².